The predicted molar refractivity (Wildman–Crippen MR) is 113 cm³/mol. The SMILES string of the molecule is CC[C@@H](Nc1nc(Nc2cc(F)cc3c2cnn3CC)c(C(N)=O)cc1F)[C@H](C)N. The second-order valence-corrected chi connectivity index (χ2v) is 7.07. The zero-order valence-corrected chi connectivity index (χ0v) is 17.0. The molecule has 2 heterocycles. The Morgan fingerprint density at radius 2 is 1.97 bits per heavy atom. The van der Waals surface area contributed by atoms with Crippen molar-refractivity contribution in [2.75, 3.05) is 10.6 Å². The van der Waals surface area contributed by atoms with Gasteiger partial charge in [-0.05, 0) is 38.5 Å². The van der Waals surface area contributed by atoms with Crippen molar-refractivity contribution in [3.8, 4) is 0 Å². The van der Waals surface area contributed by atoms with Crippen LogP contribution in [-0.4, -0.2) is 32.8 Å². The van der Waals surface area contributed by atoms with Gasteiger partial charge in [0.1, 0.15) is 11.6 Å². The average Bonchev–Trinajstić information content (AvgIpc) is 3.10. The molecule has 0 unspecified atom stereocenters. The van der Waals surface area contributed by atoms with E-state index in [9.17, 15) is 13.6 Å². The van der Waals surface area contributed by atoms with E-state index in [0.29, 0.717) is 29.6 Å². The van der Waals surface area contributed by atoms with Crippen LogP contribution in [0.25, 0.3) is 10.9 Å². The summed E-state index contributed by atoms with van der Waals surface area (Å²) in [6.07, 6.45) is 2.22. The summed E-state index contributed by atoms with van der Waals surface area (Å²) in [5.41, 5.74) is 12.1. The molecule has 6 N–H and O–H groups in total. The molecule has 0 fully saturated rings. The number of nitrogens with one attached hydrogen (secondary N) is 2. The molecule has 0 radical (unpaired) electrons. The molecule has 0 aliphatic carbocycles. The van der Waals surface area contributed by atoms with Crippen LogP contribution in [0.5, 0.6) is 0 Å². The van der Waals surface area contributed by atoms with Gasteiger partial charge in [0.25, 0.3) is 5.91 Å². The number of hydrogen-bond donors (Lipinski definition) is 4. The van der Waals surface area contributed by atoms with Crippen LogP contribution in [0.2, 0.25) is 0 Å². The Morgan fingerprint density at radius 1 is 1.23 bits per heavy atom. The third-order valence-electron chi connectivity index (χ3n) is 4.92. The quantitative estimate of drug-likeness (QED) is 0.446. The summed E-state index contributed by atoms with van der Waals surface area (Å²) in [4.78, 5) is 16.1. The number of aryl methyl sites for hydroxylation is 1. The third kappa shape index (κ3) is 4.18. The van der Waals surface area contributed by atoms with Gasteiger partial charge in [0.15, 0.2) is 11.6 Å². The van der Waals surface area contributed by atoms with E-state index in [1.807, 2.05) is 13.8 Å². The molecule has 1 amide bonds. The van der Waals surface area contributed by atoms with E-state index < -0.39 is 17.5 Å². The van der Waals surface area contributed by atoms with Gasteiger partial charge in [-0.25, -0.2) is 13.8 Å². The third-order valence-corrected chi connectivity index (χ3v) is 4.92. The lowest BCUT2D eigenvalue weighted by Gasteiger charge is -2.22. The first kappa shape index (κ1) is 21.4. The van der Waals surface area contributed by atoms with E-state index in [1.165, 1.54) is 12.1 Å². The number of pyridine rings is 1. The summed E-state index contributed by atoms with van der Waals surface area (Å²) in [7, 11) is 0. The number of benzene rings is 1. The summed E-state index contributed by atoms with van der Waals surface area (Å²) < 4.78 is 30.4. The van der Waals surface area contributed by atoms with Crippen LogP contribution in [0, 0.1) is 11.6 Å². The van der Waals surface area contributed by atoms with Crippen molar-refractivity contribution >= 4 is 34.1 Å². The lowest BCUT2D eigenvalue weighted by atomic mass is 10.1. The van der Waals surface area contributed by atoms with Crippen LogP contribution in [0.1, 0.15) is 37.6 Å². The number of hydrogen-bond acceptors (Lipinski definition) is 6. The van der Waals surface area contributed by atoms with Crippen LogP contribution >= 0.6 is 0 Å². The van der Waals surface area contributed by atoms with Crippen LogP contribution < -0.4 is 22.1 Å². The van der Waals surface area contributed by atoms with E-state index in [4.69, 9.17) is 11.5 Å². The van der Waals surface area contributed by atoms with Gasteiger partial charge < -0.3 is 22.1 Å². The molecule has 2 aromatic heterocycles. The van der Waals surface area contributed by atoms with Crippen LogP contribution in [-0.2, 0) is 6.54 Å². The second-order valence-electron chi connectivity index (χ2n) is 7.07. The Kier molecular flexibility index (Phi) is 6.16. The van der Waals surface area contributed by atoms with Gasteiger partial charge in [-0.2, -0.15) is 5.10 Å². The maximum absolute atomic E-state index is 14.6. The first-order valence-corrected chi connectivity index (χ1v) is 9.69. The first-order valence-electron chi connectivity index (χ1n) is 9.69. The molecule has 0 saturated carbocycles. The van der Waals surface area contributed by atoms with Gasteiger partial charge >= 0.3 is 0 Å². The predicted octanol–water partition coefficient (Wildman–Crippen LogP) is 3.11. The summed E-state index contributed by atoms with van der Waals surface area (Å²) >= 11 is 0. The van der Waals surface area contributed by atoms with Gasteiger partial charge in [-0.3, -0.25) is 9.48 Å². The fourth-order valence-electron chi connectivity index (χ4n) is 3.28. The van der Waals surface area contributed by atoms with Crippen molar-refractivity contribution in [3.63, 3.8) is 0 Å². The normalized spacial score (nSPS) is 13.3. The summed E-state index contributed by atoms with van der Waals surface area (Å²) in [5.74, 6) is -2.18. The van der Waals surface area contributed by atoms with Crippen molar-refractivity contribution < 1.29 is 13.6 Å². The molecule has 3 rings (SSSR count). The molecule has 0 bridgehead atoms. The minimum atomic E-state index is -0.869. The Bertz CT molecular complexity index is 1080. The summed E-state index contributed by atoms with van der Waals surface area (Å²) in [6.45, 7) is 6.14. The molecule has 30 heavy (non-hydrogen) atoms. The number of aromatic nitrogens is 3. The smallest absolute Gasteiger partial charge is 0.252 e. The molecule has 10 heteroatoms. The molecule has 0 aliphatic rings. The minimum absolute atomic E-state index is 0.00192. The second kappa shape index (κ2) is 8.62. The van der Waals surface area contributed by atoms with E-state index >= 15 is 0 Å². The number of halogens is 2. The molecule has 2 atom stereocenters. The van der Waals surface area contributed by atoms with E-state index in [0.717, 1.165) is 6.07 Å². The van der Waals surface area contributed by atoms with Crippen molar-refractivity contribution in [3.05, 3.63) is 41.6 Å². The average molecular weight is 417 g/mol. The van der Waals surface area contributed by atoms with Gasteiger partial charge in [0.2, 0.25) is 0 Å². The highest BCUT2D eigenvalue weighted by atomic mass is 19.1. The fraction of sp³-hybridized carbons (Fsp3) is 0.350. The lowest BCUT2D eigenvalue weighted by molar-refractivity contribution is 0.100. The van der Waals surface area contributed by atoms with Gasteiger partial charge in [0, 0.05) is 24.0 Å². The van der Waals surface area contributed by atoms with E-state index in [1.54, 1.807) is 17.8 Å². The molecule has 0 spiro atoms. The molecule has 8 nitrogen and oxygen atoms in total. The number of rotatable bonds is 8. The summed E-state index contributed by atoms with van der Waals surface area (Å²) in [6, 6.07) is 3.13. The molecule has 160 valence electrons. The maximum Gasteiger partial charge on any atom is 0.252 e. The van der Waals surface area contributed by atoms with Gasteiger partial charge in [-0.15, -0.1) is 0 Å². The molecule has 0 saturated heterocycles. The van der Waals surface area contributed by atoms with Crippen LogP contribution in [0.4, 0.5) is 26.1 Å². The molecule has 1 aromatic carbocycles. The number of nitrogens with zero attached hydrogens (tertiary/aromatic N) is 3. The van der Waals surface area contributed by atoms with Crippen LogP contribution in [0.3, 0.4) is 0 Å². The Morgan fingerprint density at radius 3 is 2.57 bits per heavy atom. The number of amides is 1. The highest BCUT2D eigenvalue weighted by Gasteiger charge is 2.20. The lowest BCUT2D eigenvalue weighted by Crippen LogP contribution is -2.38. The number of anilines is 3. The highest BCUT2D eigenvalue weighted by Crippen LogP contribution is 2.30. The Labute approximate surface area is 172 Å². The number of fused-ring (bicyclic) bond motifs is 1. The van der Waals surface area contributed by atoms with Crippen molar-refractivity contribution in [1.82, 2.24) is 14.8 Å². The topological polar surface area (TPSA) is 124 Å². The number of carbonyl (C=O) groups excluding carboxylic acids is 1. The Hall–Kier alpha value is -3.27. The molecular formula is C20H25F2N7O. The van der Waals surface area contributed by atoms with Gasteiger partial charge in [-0.1, -0.05) is 6.92 Å². The standard InChI is InChI=1S/C20H25F2N7O/c1-4-15(10(3)23)26-20-14(22)8-12(18(24)30)19(28-20)27-16-6-11(21)7-17-13(16)9-25-29(17)5-2/h6-10,15H,4-5,23H2,1-3H3,(H2,24,30)(H2,26,27,28)/t10-,15+/m0/s1. The van der Waals surface area contributed by atoms with E-state index in [2.05, 4.69) is 20.7 Å². The van der Waals surface area contributed by atoms with Crippen LogP contribution in [0.15, 0.2) is 24.4 Å². The van der Waals surface area contributed by atoms with Crippen molar-refractivity contribution in [1.29, 1.82) is 0 Å². The fourth-order valence-corrected chi connectivity index (χ4v) is 3.28. The molecular weight excluding hydrogens is 392 g/mol. The number of nitrogens with two attached hydrogens (primary N) is 2. The van der Waals surface area contributed by atoms with Gasteiger partial charge in [0.05, 0.1) is 23.0 Å². The monoisotopic (exact) mass is 417 g/mol. The highest BCUT2D eigenvalue weighted by molar-refractivity contribution is 6.00. The summed E-state index contributed by atoms with van der Waals surface area (Å²) in [5, 5.41) is 10.7. The maximum atomic E-state index is 14.6. The molecule has 0 aliphatic heterocycles. The van der Waals surface area contributed by atoms with E-state index in [-0.39, 0.29) is 29.3 Å². The zero-order valence-electron chi connectivity index (χ0n) is 17.0. The van der Waals surface area contributed by atoms with Crippen molar-refractivity contribution in [2.24, 2.45) is 11.5 Å². The Balaban J connectivity index is 2.09. The zero-order chi connectivity index (χ0) is 22.0. The first-order chi connectivity index (χ1) is 14.2. The number of carbonyl (C=O) groups is 1. The minimum Gasteiger partial charge on any atom is -0.365 e. The largest absolute Gasteiger partial charge is 0.365 e. The number of primary amides is 1. The molecule has 3 aromatic rings. The van der Waals surface area contributed by atoms with Crippen molar-refractivity contribution in [2.45, 2.75) is 45.8 Å².